The van der Waals surface area contributed by atoms with Gasteiger partial charge in [0.05, 0.1) is 0 Å². The van der Waals surface area contributed by atoms with Gasteiger partial charge in [-0.05, 0) is 20.8 Å². The average Bonchev–Trinajstić information content (AvgIpc) is 1.97. The molecule has 0 aliphatic carbocycles. The normalized spacial score (nSPS) is 11.4. The molecule has 6 heteroatoms. The molecule has 16 heavy (non-hydrogen) atoms. The predicted molar refractivity (Wildman–Crippen MR) is 63.3 cm³/mol. The van der Waals surface area contributed by atoms with Crippen LogP contribution >= 0.6 is 7.60 Å². The van der Waals surface area contributed by atoms with Gasteiger partial charge in [-0.1, -0.05) is 26.7 Å². The fraction of sp³-hybridized carbons (Fsp3) is 0.900. The maximum absolute atomic E-state index is 10.8. The van der Waals surface area contributed by atoms with Gasteiger partial charge in [-0.25, -0.2) is 0 Å². The first-order chi connectivity index (χ1) is 7.02. The van der Waals surface area contributed by atoms with Crippen LogP contribution in [-0.2, 0) is 14.1 Å². The van der Waals surface area contributed by atoms with E-state index >= 15 is 0 Å². The highest BCUT2D eigenvalue weighted by Crippen LogP contribution is 2.34. The highest BCUT2D eigenvalue weighted by atomic mass is 31.2. The topological polar surface area (TPSA) is 83.8 Å². The van der Waals surface area contributed by atoms with Crippen molar-refractivity contribution in [2.75, 3.05) is 6.16 Å². The van der Waals surface area contributed by atoms with E-state index in [9.17, 15) is 9.36 Å². The summed E-state index contributed by atoms with van der Waals surface area (Å²) in [4.78, 5) is 27.6. The van der Waals surface area contributed by atoms with E-state index in [0.29, 0.717) is 0 Å². The summed E-state index contributed by atoms with van der Waals surface area (Å²) in [5.41, 5.74) is -0.702. The van der Waals surface area contributed by atoms with Crippen LogP contribution in [0.5, 0.6) is 0 Å². The zero-order valence-electron chi connectivity index (χ0n) is 10.7. The minimum absolute atomic E-state index is 0.702. The number of hydrogen-bond donors (Lipinski definition) is 2. The quantitative estimate of drug-likeness (QED) is 0.596. The van der Waals surface area contributed by atoms with Crippen molar-refractivity contribution in [3.63, 3.8) is 0 Å². The first-order valence-electron chi connectivity index (χ1n) is 5.28. The van der Waals surface area contributed by atoms with Gasteiger partial charge in [-0.3, -0.25) is 9.36 Å². The molecule has 0 saturated heterocycles. The van der Waals surface area contributed by atoms with Crippen molar-refractivity contribution in [3.8, 4) is 0 Å². The summed E-state index contributed by atoms with van der Waals surface area (Å²) < 4.78 is 15.0. The molecule has 0 fully saturated rings. The Morgan fingerprint density at radius 2 is 1.56 bits per heavy atom. The summed E-state index contributed by atoms with van der Waals surface area (Å²) in [7, 11) is -4.28. The van der Waals surface area contributed by atoms with E-state index in [0.717, 1.165) is 0 Å². The molecule has 0 aliphatic heterocycles. The molecule has 0 aromatic heterocycles. The Labute approximate surface area is 97.4 Å². The molecule has 0 aromatic rings. The monoisotopic (exact) mass is 254 g/mol. The van der Waals surface area contributed by atoms with Crippen LogP contribution in [0.1, 0.15) is 47.5 Å². The standard InChI is InChI=1S/C6H13O5P.C4H10/c1-6(2,3)11-5(7)4-12(8,9)10;1-3-4-2/h4H2,1-3H3,(H2,8,9,10);3-4H2,1-2H3. The van der Waals surface area contributed by atoms with Gasteiger partial charge in [0.15, 0.2) is 0 Å². The van der Waals surface area contributed by atoms with Gasteiger partial charge in [0.25, 0.3) is 0 Å². The van der Waals surface area contributed by atoms with Crippen LogP contribution < -0.4 is 0 Å². The minimum Gasteiger partial charge on any atom is -0.459 e. The summed E-state index contributed by atoms with van der Waals surface area (Å²) in [5, 5.41) is 0. The fourth-order valence-corrected chi connectivity index (χ4v) is 0.943. The number of rotatable bonds is 3. The van der Waals surface area contributed by atoms with Crippen molar-refractivity contribution < 1.29 is 23.9 Å². The van der Waals surface area contributed by atoms with E-state index in [1.807, 2.05) is 0 Å². The van der Waals surface area contributed by atoms with Crippen LogP contribution in [0.4, 0.5) is 0 Å². The third kappa shape index (κ3) is 19.2. The summed E-state index contributed by atoms with van der Waals surface area (Å²) in [6.07, 6.45) is 1.78. The van der Waals surface area contributed by atoms with Gasteiger partial charge in [-0.15, -0.1) is 0 Å². The van der Waals surface area contributed by atoms with Crippen molar-refractivity contribution in [1.29, 1.82) is 0 Å². The lowest BCUT2D eigenvalue weighted by Crippen LogP contribution is -2.25. The Morgan fingerprint density at radius 3 is 1.75 bits per heavy atom. The molecule has 5 nitrogen and oxygen atoms in total. The molecule has 0 saturated carbocycles. The van der Waals surface area contributed by atoms with Gasteiger partial charge in [-0.2, -0.15) is 0 Å². The Kier molecular flexibility index (Phi) is 8.80. The average molecular weight is 254 g/mol. The van der Waals surface area contributed by atoms with Crippen LogP contribution in [0, 0.1) is 0 Å². The number of esters is 1. The fourth-order valence-electron chi connectivity index (χ4n) is 0.542. The molecule has 0 aromatic carbocycles. The van der Waals surface area contributed by atoms with E-state index in [1.54, 1.807) is 20.8 Å². The molecular weight excluding hydrogens is 231 g/mol. The van der Waals surface area contributed by atoms with E-state index < -0.39 is 25.3 Å². The second-order valence-corrected chi connectivity index (χ2v) is 6.05. The Hall–Kier alpha value is -0.380. The van der Waals surface area contributed by atoms with E-state index in [4.69, 9.17) is 9.79 Å². The SMILES string of the molecule is CC(C)(C)OC(=O)CP(=O)(O)O.CCCC. The molecule has 2 N–H and O–H groups in total. The maximum atomic E-state index is 10.8. The van der Waals surface area contributed by atoms with E-state index in [-0.39, 0.29) is 0 Å². The molecule has 0 heterocycles. The lowest BCUT2D eigenvalue weighted by molar-refractivity contribution is -0.151. The van der Waals surface area contributed by atoms with Gasteiger partial charge in [0.2, 0.25) is 0 Å². The van der Waals surface area contributed by atoms with Crippen molar-refractivity contribution in [1.82, 2.24) is 0 Å². The first kappa shape index (κ1) is 18.0. The molecule has 0 amide bonds. The van der Waals surface area contributed by atoms with Crippen molar-refractivity contribution in [2.24, 2.45) is 0 Å². The number of unbranched alkanes of at least 4 members (excludes halogenated alkanes) is 1. The Balaban J connectivity index is 0. The highest BCUT2D eigenvalue weighted by molar-refractivity contribution is 7.52. The van der Waals surface area contributed by atoms with Crippen LogP contribution in [0.25, 0.3) is 0 Å². The molecule has 0 bridgehead atoms. The van der Waals surface area contributed by atoms with Crippen molar-refractivity contribution >= 4 is 13.6 Å². The second kappa shape index (κ2) is 7.82. The third-order valence-corrected chi connectivity index (χ3v) is 1.93. The second-order valence-electron chi connectivity index (χ2n) is 4.41. The van der Waals surface area contributed by atoms with Crippen LogP contribution in [0.15, 0.2) is 0 Å². The van der Waals surface area contributed by atoms with Crippen molar-refractivity contribution in [2.45, 2.75) is 53.1 Å². The molecule has 0 unspecified atom stereocenters. The van der Waals surface area contributed by atoms with Crippen LogP contribution in [0.2, 0.25) is 0 Å². The summed E-state index contributed by atoms with van der Waals surface area (Å²) >= 11 is 0. The lowest BCUT2D eigenvalue weighted by Gasteiger charge is -2.19. The zero-order valence-corrected chi connectivity index (χ0v) is 11.6. The smallest absolute Gasteiger partial charge is 0.336 e. The first-order valence-corrected chi connectivity index (χ1v) is 7.08. The Bertz CT molecular complexity index is 236. The third-order valence-electron chi connectivity index (χ3n) is 1.26. The summed E-state index contributed by atoms with van der Waals surface area (Å²) in [5.74, 6) is -0.879. The number of carbonyl (C=O) groups excluding carboxylic acids is 1. The minimum atomic E-state index is -4.28. The van der Waals surface area contributed by atoms with E-state index in [1.165, 1.54) is 12.8 Å². The van der Waals surface area contributed by atoms with Crippen LogP contribution in [-0.4, -0.2) is 27.5 Å². The molecule has 0 aliphatic rings. The molecule has 0 radical (unpaired) electrons. The Morgan fingerprint density at radius 1 is 1.19 bits per heavy atom. The largest absolute Gasteiger partial charge is 0.459 e. The maximum Gasteiger partial charge on any atom is 0.336 e. The summed E-state index contributed by atoms with van der Waals surface area (Å²) in [6, 6.07) is 0. The molecule has 0 atom stereocenters. The molecule has 0 spiro atoms. The highest BCUT2D eigenvalue weighted by Gasteiger charge is 2.24. The van der Waals surface area contributed by atoms with Gasteiger partial charge in [0.1, 0.15) is 11.8 Å². The molecule has 98 valence electrons. The van der Waals surface area contributed by atoms with Crippen LogP contribution in [0.3, 0.4) is 0 Å². The van der Waals surface area contributed by atoms with Gasteiger partial charge >= 0.3 is 13.6 Å². The van der Waals surface area contributed by atoms with E-state index in [2.05, 4.69) is 18.6 Å². The molecular formula is C10H23O5P. The predicted octanol–water partition coefficient (Wildman–Crippen LogP) is 2.31. The molecule has 0 rings (SSSR count). The lowest BCUT2D eigenvalue weighted by atomic mass is 10.2. The van der Waals surface area contributed by atoms with Gasteiger partial charge in [0, 0.05) is 0 Å². The zero-order chi connectivity index (χ0) is 13.4. The number of hydrogen-bond acceptors (Lipinski definition) is 3. The number of carbonyl (C=O) groups is 1. The van der Waals surface area contributed by atoms with Crippen molar-refractivity contribution in [3.05, 3.63) is 0 Å². The summed E-state index contributed by atoms with van der Waals surface area (Å²) in [6.45, 7) is 9.25. The van der Waals surface area contributed by atoms with Gasteiger partial charge < -0.3 is 14.5 Å². The number of ether oxygens (including phenoxy) is 1.